The molecule has 0 bridgehead atoms. The predicted octanol–water partition coefficient (Wildman–Crippen LogP) is 4.77. The van der Waals surface area contributed by atoms with Gasteiger partial charge in [0.05, 0.1) is 12.1 Å². The van der Waals surface area contributed by atoms with Crippen LogP contribution < -0.4 is 5.32 Å². The summed E-state index contributed by atoms with van der Waals surface area (Å²) in [5.41, 5.74) is 4.96. The molecule has 3 aromatic rings. The second-order valence-electron chi connectivity index (χ2n) is 9.11. The first kappa shape index (κ1) is 25.8. The van der Waals surface area contributed by atoms with Gasteiger partial charge < -0.3 is 14.7 Å². The standard InChI is InChI=1S/C27H25F4N5O2/c1-35-24(33-34-25(35)22-7-6-21(16-23(22)28)18-8-12-32-13-9-18)20-4-2-17(3-5-20)19-10-14-36(15-11-19)38-26(37)27(29,30)31/h2-8,10,16,32H,9,11-15H2,1H3. The van der Waals surface area contributed by atoms with Gasteiger partial charge in [-0.2, -0.15) is 13.2 Å². The number of nitrogens with zero attached hydrogens (tertiary/aromatic N) is 4. The van der Waals surface area contributed by atoms with Crippen LogP contribution in [0.5, 0.6) is 0 Å². The molecule has 11 heteroatoms. The van der Waals surface area contributed by atoms with Crippen LogP contribution in [-0.4, -0.2) is 58.2 Å². The quantitative estimate of drug-likeness (QED) is 0.482. The number of halogens is 4. The Bertz CT molecular complexity index is 1410. The van der Waals surface area contributed by atoms with Crippen molar-refractivity contribution in [3.05, 3.63) is 71.6 Å². The number of carbonyl (C=O) groups excluding carboxylic acids is 1. The van der Waals surface area contributed by atoms with Crippen LogP contribution in [0, 0.1) is 5.82 Å². The van der Waals surface area contributed by atoms with Gasteiger partial charge in [-0.05, 0) is 53.8 Å². The van der Waals surface area contributed by atoms with Crippen LogP contribution in [0.2, 0.25) is 0 Å². The maximum absolute atomic E-state index is 15.1. The Hall–Kier alpha value is -3.83. The van der Waals surface area contributed by atoms with Crippen LogP contribution >= 0.6 is 0 Å². The molecule has 3 heterocycles. The van der Waals surface area contributed by atoms with E-state index in [1.54, 1.807) is 29.8 Å². The first-order chi connectivity index (χ1) is 18.2. The zero-order valence-electron chi connectivity index (χ0n) is 20.6. The number of nitrogens with one attached hydrogen (secondary N) is 1. The van der Waals surface area contributed by atoms with Crippen LogP contribution in [0.4, 0.5) is 17.6 Å². The molecule has 2 aromatic carbocycles. The van der Waals surface area contributed by atoms with E-state index in [4.69, 9.17) is 0 Å². The lowest BCUT2D eigenvalue weighted by atomic mass is 9.98. The summed E-state index contributed by atoms with van der Waals surface area (Å²) in [5.74, 6) is -1.61. The average Bonchev–Trinajstić information content (AvgIpc) is 3.30. The minimum Gasteiger partial charge on any atom is -0.360 e. The molecule has 1 aromatic heterocycles. The Labute approximate surface area is 216 Å². The van der Waals surface area contributed by atoms with Crippen molar-refractivity contribution in [2.75, 3.05) is 26.2 Å². The van der Waals surface area contributed by atoms with Crippen molar-refractivity contribution in [3.8, 4) is 22.8 Å². The second kappa shape index (κ2) is 10.5. The minimum atomic E-state index is -5.03. The van der Waals surface area contributed by atoms with E-state index in [0.29, 0.717) is 23.6 Å². The zero-order valence-corrected chi connectivity index (χ0v) is 20.6. The van der Waals surface area contributed by atoms with Crippen molar-refractivity contribution in [2.45, 2.75) is 19.0 Å². The van der Waals surface area contributed by atoms with Crippen LogP contribution in [-0.2, 0) is 16.7 Å². The highest BCUT2D eigenvalue weighted by Gasteiger charge is 2.42. The topological polar surface area (TPSA) is 72.3 Å². The highest BCUT2D eigenvalue weighted by molar-refractivity contribution is 5.75. The lowest BCUT2D eigenvalue weighted by Crippen LogP contribution is -2.37. The van der Waals surface area contributed by atoms with Crippen molar-refractivity contribution in [3.63, 3.8) is 0 Å². The molecule has 2 aliphatic heterocycles. The van der Waals surface area contributed by atoms with E-state index in [1.165, 1.54) is 0 Å². The fraction of sp³-hybridized carbons (Fsp3) is 0.296. The fourth-order valence-corrected chi connectivity index (χ4v) is 4.59. The molecule has 198 valence electrons. The normalized spacial score (nSPS) is 16.7. The number of carbonyl (C=O) groups is 1. The summed E-state index contributed by atoms with van der Waals surface area (Å²) >= 11 is 0. The smallest absolute Gasteiger partial charge is 0.360 e. The molecule has 0 atom stereocenters. The van der Waals surface area contributed by atoms with Gasteiger partial charge in [0, 0.05) is 25.7 Å². The molecular weight excluding hydrogens is 502 g/mol. The van der Waals surface area contributed by atoms with Crippen molar-refractivity contribution in [1.29, 1.82) is 0 Å². The van der Waals surface area contributed by atoms with E-state index in [-0.39, 0.29) is 18.9 Å². The Balaban J connectivity index is 1.30. The SMILES string of the molecule is Cn1c(-c2ccc(C3=CCN(OC(=O)C(F)(F)F)CC3)cc2)nnc1-c1ccc(C2=CCNCC2)cc1F. The number of hydrogen-bond acceptors (Lipinski definition) is 6. The zero-order chi connectivity index (χ0) is 26.9. The molecule has 0 saturated heterocycles. The van der Waals surface area contributed by atoms with E-state index >= 15 is 4.39 Å². The van der Waals surface area contributed by atoms with Gasteiger partial charge in [0.1, 0.15) is 5.82 Å². The number of aromatic nitrogens is 3. The predicted molar refractivity (Wildman–Crippen MR) is 134 cm³/mol. The fourth-order valence-electron chi connectivity index (χ4n) is 4.59. The molecule has 0 radical (unpaired) electrons. The van der Waals surface area contributed by atoms with Crippen LogP contribution in [0.25, 0.3) is 33.9 Å². The molecule has 5 rings (SSSR count). The summed E-state index contributed by atoms with van der Waals surface area (Å²) in [7, 11) is 1.78. The molecular formula is C27H25F4N5O2. The maximum Gasteiger partial charge on any atom is 0.492 e. The Morgan fingerprint density at radius 1 is 0.947 bits per heavy atom. The number of rotatable bonds is 5. The summed E-state index contributed by atoms with van der Waals surface area (Å²) in [6, 6.07) is 12.7. The van der Waals surface area contributed by atoms with Gasteiger partial charge in [-0.15, -0.1) is 15.3 Å². The van der Waals surface area contributed by atoms with E-state index in [0.717, 1.165) is 52.4 Å². The second-order valence-corrected chi connectivity index (χ2v) is 9.11. The molecule has 2 aliphatic rings. The number of alkyl halides is 3. The highest BCUT2D eigenvalue weighted by Crippen LogP contribution is 2.30. The third-order valence-corrected chi connectivity index (χ3v) is 6.65. The van der Waals surface area contributed by atoms with Crippen molar-refractivity contribution in [1.82, 2.24) is 25.1 Å². The van der Waals surface area contributed by atoms with Crippen molar-refractivity contribution < 1.29 is 27.2 Å². The monoisotopic (exact) mass is 527 g/mol. The molecule has 7 nitrogen and oxygen atoms in total. The highest BCUT2D eigenvalue weighted by atomic mass is 19.4. The number of hydroxylamine groups is 2. The Morgan fingerprint density at radius 2 is 1.63 bits per heavy atom. The number of hydrogen-bond donors (Lipinski definition) is 1. The van der Waals surface area contributed by atoms with Gasteiger partial charge in [0.15, 0.2) is 11.6 Å². The molecule has 38 heavy (non-hydrogen) atoms. The van der Waals surface area contributed by atoms with Crippen LogP contribution in [0.1, 0.15) is 24.0 Å². The van der Waals surface area contributed by atoms with Gasteiger partial charge in [-0.3, -0.25) is 0 Å². The van der Waals surface area contributed by atoms with Crippen LogP contribution in [0.15, 0.2) is 54.6 Å². The van der Waals surface area contributed by atoms with Crippen LogP contribution in [0.3, 0.4) is 0 Å². The lowest BCUT2D eigenvalue weighted by molar-refractivity contribution is -0.237. The first-order valence-electron chi connectivity index (χ1n) is 12.1. The average molecular weight is 528 g/mol. The van der Waals surface area contributed by atoms with Gasteiger partial charge in [0.25, 0.3) is 0 Å². The number of benzene rings is 2. The Morgan fingerprint density at radius 3 is 2.26 bits per heavy atom. The summed E-state index contributed by atoms with van der Waals surface area (Å²) in [6.07, 6.45) is 0.0449. The largest absolute Gasteiger partial charge is 0.492 e. The summed E-state index contributed by atoms with van der Waals surface area (Å²) in [5, 5.41) is 12.8. The maximum atomic E-state index is 15.1. The van der Waals surface area contributed by atoms with Gasteiger partial charge in [-0.25, -0.2) is 9.18 Å². The van der Waals surface area contributed by atoms with Crippen molar-refractivity contribution >= 4 is 17.1 Å². The van der Waals surface area contributed by atoms with E-state index in [2.05, 4.69) is 26.4 Å². The molecule has 0 saturated carbocycles. The van der Waals surface area contributed by atoms with Gasteiger partial charge in [-0.1, -0.05) is 42.5 Å². The third kappa shape index (κ3) is 5.39. The molecule has 0 fully saturated rings. The molecule has 0 amide bonds. The van der Waals surface area contributed by atoms with E-state index < -0.39 is 12.1 Å². The van der Waals surface area contributed by atoms with Gasteiger partial charge >= 0.3 is 12.1 Å². The third-order valence-electron chi connectivity index (χ3n) is 6.65. The summed E-state index contributed by atoms with van der Waals surface area (Å²) in [4.78, 5) is 15.4. The van der Waals surface area contributed by atoms with Gasteiger partial charge in [0.2, 0.25) is 0 Å². The molecule has 0 unspecified atom stereocenters. The molecule has 0 aliphatic carbocycles. The van der Waals surface area contributed by atoms with E-state index in [1.807, 2.05) is 30.3 Å². The summed E-state index contributed by atoms with van der Waals surface area (Å²) in [6.45, 7) is 1.86. The molecule has 0 spiro atoms. The summed E-state index contributed by atoms with van der Waals surface area (Å²) < 4.78 is 54.0. The lowest BCUT2D eigenvalue weighted by Gasteiger charge is -2.25. The molecule has 1 N–H and O–H groups in total. The van der Waals surface area contributed by atoms with Crippen molar-refractivity contribution in [2.24, 2.45) is 7.05 Å². The van der Waals surface area contributed by atoms with E-state index in [9.17, 15) is 18.0 Å². The first-order valence-corrected chi connectivity index (χ1v) is 12.1. The Kier molecular flexibility index (Phi) is 7.13. The minimum absolute atomic E-state index is 0.0596.